The average molecular weight is 540 g/mol. The number of anilines is 2. The van der Waals surface area contributed by atoms with Crippen molar-refractivity contribution < 1.29 is 36.0 Å². The molecule has 14 heteroatoms. The molecule has 1 atom stereocenters. The number of carbonyl (C=O) groups is 3. The van der Waals surface area contributed by atoms with E-state index in [-0.39, 0.29) is 24.2 Å². The second-order valence-electron chi connectivity index (χ2n) is 9.24. The Kier molecular flexibility index (Phi) is 6.65. The maximum Gasteiger partial charge on any atom is 0.501 e. The summed E-state index contributed by atoms with van der Waals surface area (Å²) < 4.78 is 61.8. The normalized spacial score (nSPS) is 20.2. The first kappa shape index (κ1) is 26.4. The summed E-state index contributed by atoms with van der Waals surface area (Å²) in [7, 11) is -5.57. The fraction of sp³-hybridized carbons (Fsp3) is 0.391. The molecule has 198 valence electrons. The SMILES string of the molecule is CC1(C)C(=O)N(c2ccc(S(=O)(=O)C(F)(F)F)cc2)C(=O)N1Cc1ccnc(NC2CCNC(=O)C2)c1. The Morgan fingerprint density at radius 3 is 2.43 bits per heavy atom. The topological polar surface area (TPSA) is 129 Å². The summed E-state index contributed by atoms with van der Waals surface area (Å²) in [6.45, 7) is 3.65. The summed E-state index contributed by atoms with van der Waals surface area (Å²) >= 11 is 0. The minimum atomic E-state index is -5.57. The molecule has 0 spiro atoms. The van der Waals surface area contributed by atoms with E-state index in [1.54, 1.807) is 12.1 Å². The number of alkyl halides is 3. The standard InChI is InChI=1S/C23H24F3N5O5S/c1-22(2)20(33)31(16-3-5-17(6-4-16)37(35,36)23(24,25)26)21(34)30(22)13-14-7-9-27-18(11-14)29-15-8-10-28-19(32)12-15/h3-7,9,11,15H,8,10,12-13H2,1-2H3,(H,27,29)(H,28,32). The molecule has 4 amide bonds. The van der Waals surface area contributed by atoms with Gasteiger partial charge in [-0.2, -0.15) is 13.2 Å². The monoisotopic (exact) mass is 539 g/mol. The van der Waals surface area contributed by atoms with Gasteiger partial charge in [-0.05, 0) is 62.2 Å². The van der Waals surface area contributed by atoms with E-state index in [0.717, 1.165) is 23.5 Å². The lowest BCUT2D eigenvalue weighted by Crippen LogP contribution is -2.43. The van der Waals surface area contributed by atoms with Gasteiger partial charge >= 0.3 is 11.5 Å². The van der Waals surface area contributed by atoms with Crippen LogP contribution in [0.4, 0.5) is 29.5 Å². The maximum absolute atomic E-state index is 13.3. The number of sulfone groups is 1. The number of pyridine rings is 1. The third kappa shape index (κ3) is 4.97. The zero-order valence-corrected chi connectivity index (χ0v) is 20.7. The molecule has 37 heavy (non-hydrogen) atoms. The van der Waals surface area contributed by atoms with Crippen LogP contribution in [0.25, 0.3) is 0 Å². The van der Waals surface area contributed by atoms with Crippen LogP contribution in [0.1, 0.15) is 32.3 Å². The number of amides is 4. The third-order valence-electron chi connectivity index (χ3n) is 6.30. The highest BCUT2D eigenvalue weighted by Gasteiger charge is 2.52. The van der Waals surface area contributed by atoms with Crippen LogP contribution < -0.4 is 15.5 Å². The van der Waals surface area contributed by atoms with E-state index >= 15 is 0 Å². The van der Waals surface area contributed by atoms with Crippen molar-refractivity contribution in [2.24, 2.45) is 0 Å². The maximum atomic E-state index is 13.3. The highest BCUT2D eigenvalue weighted by molar-refractivity contribution is 7.92. The Labute approximate surface area is 210 Å². The van der Waals surface area contributed by atoms with Crippen LogP contribution in [0.15, 0.2) is 47.5 Å². The summed E-state index contributed by atoms with van der Waals surface area (Å²) in [5.74, 6) is -0.178. The van der Waals surface area contributed by atoms with Gasteiger partial charge in [0.25, 0.3) is 15.7 Å². The number of rotatable bonds is 6. The fourth-order valence-electron chi connectivity index (χ4n) is 4.19. The number of halogens is 3. The number of benzene rings is 1. The van der Waals surface area contributed by atoms with Gasteiger partial charge in [-0.3, -0.25) is 9.59 Å². The fourth-order valence-corrected chi connectivity index (χ4v) is 4.95. The van der Waals surface area contributed by atoms with Crippen LogP contribution >= 0.6 is 0 Å². The second kappa shape index (κ2) is 9.32. The van der Waals surface area contributed by atoms with E-state index in [4.69, 9.17) is 0 Å². The molecule has 1 aromatic carbocycles. The van der Waals surface area contributed by atoms with Gasteiger partial charge in [0.1, 0.15) is 11.4 Å². The van der Waals surface area contributed by atoms with Crippen molar-refractivity contribution in [2.75, 3.05) is 16.8 Å². The molecule has 2 aliphatic heterocycles. The zero-order chi connectivity index (χ0) is 27.2. The first-order valence-corrected chi connectivity index (χ1v) is 12.8. The highest BCUT2D eigenvalue weighted by Crippen LogP contribution is 2.35. The van der Waals surface area contributed by atoms with Crippen LogP contribution in [0.5, 0.6) is 0 Å². The van der Waals surface area contributed by atoms with Crippen LogP contribution in [-0.2, 0) is 26.0 Å². The summed E-state index contributed by atoms with van der Waals surface area (Å²) in [5.41, 5.74) is -6.18. The van der Waals surface area contributed by atoms with Gasteiger partial charge in [0, 0.05) is 31.7 Å². The van der Waals surface area contributed by atoms with Gasteiger partial charge in [-0.25, -0.2) is 23.1 Å². The van der Waals surface area contributed by atoms with E-state index in [9.17, 15) is 36.0 Å². The zero-order valence-electron chi connectivity index (χ0n) is 19.9. The number of piperidine rings is 1. The van der Waals surface area contributed by atoms with E-state index in [1.165, 1.54) is 24.9 Å². The molecule has 10 nitrogen and oxygen atoms in total. The molecule has 0 radical (unpaired) electrons. The molecule has 1 aromatic heterocycles. The van der Waals surface area contributed by atoms with Crippen molar-refractivity contribution in [2.45, 2.75) is 55.2 Å². The molecular formula is C23H24F3N5O5S. The summed E-state index contributed by atoms with van der Waals surface area (Å²) in [6.07, 6.45) is 2.56. The number of nitrogens with zero attached hydrogens (tertiary/aromatic N) is 3. The van der Waals surface area contributed by atoms with E-state index in [1.807, 2.05) is 0 Å². The van der Waals surface area contributed by atoms with E-state index in [0.29, 0.717) is 36.5 Å². The van der Waals surface area contributed by atoms with Crippen molar-refractivity contribution in [3.63, 3.8) is 0 Å². The van der Waals surface area contributed by atoms with Gasteiger partial charge in [0.15, 0.2) is 0 Å². The Bertz CT molecular complexity index is 1350. The van der Waals surface area contributed by atoms with Crippen LogP contribution in [0.2, 0.25) is 0 Å². The van der Waals surface area contributed by atoms with Crippen LogP contribution in [-0.4, -0.2) is 59.8 Å². The lowest BCUT2D eigenvalue weighted by Gasteiger charge is -2.28. The number of aromatic nitrogens is 1. The van der Waals surface area contributed by atoms with Gasteiger partial charge in [0.2, 0.25) is 5.91 Å². The van der Waals surface area contributed by atoms with Gasteiger partial charge < -0.3 is 15.5 Å². The number of imide groups is 1. The Morgan fingerprint density at radius 1 is 1.14 bits per heavy atom. The molecule has 0 saturated carbocycles. The number of urea groups is 1. The summed E-state index contributed by atoms with van der Waals surface area (Å²) in [6, 6.07) is 5.97. The predicted molar refractivity (Wildman–Crippen MR) is 126 cm³/mol. The minimum Gasteiger partial charge on any atom is -0.367 e. The summed E-state index contributed by atoms with van der Waals surface area (Å²) in [4.78, 5) is 43.4. The largest absolute Gasteiger partial charge is 0.501 e. The van der Waals surface area contributed by atoms with Crippen molar-refractivity contribution in [3.05, 3.63) is 48.2 Å². The first-order valence-electron chi connectivity index (χ1n) is 11.3. The van der Waals surface area contributed by atoms with E-state index in [2.05, 4.69) is 15.6 Å². The molecule has 2 aliphatic rings. The molecule has 0 bridgehead atoms. The predicted octanol–water partition coefficient (Wildman–Crippen LogP) is 2.81. The quantitative estimate of drug-likeness (QED) is 0.540. The number of nitrogens with one attached hydrogen (secondary N) is 2. The molecule has 4 rings (SSSR count). The lowest BCUT2D eigenvalue weighted by atomic mass is 10.0. The Balaban J connectivity index is 1.54. The van der Waals surface area contributed by atoms with E-state index < -0.39 is 37.7 Å². The number of hydrogen-bond acceptors (Lipinski definition) is 7. The van der Waals surface area contributed by atoms with Gasteiger partial charge in [0.05, 0.1) is 10.6 Å². The molecule has 2 aromatic rings. The first-order chi connectivity index (χ1) is 17.2. The Hall–Kier alpha value is -3.68. The van der Waals surface area contributed by atoms with Crippen molar-refractivity contribution in [1.82, 2.24) is 15.2 Å². The average Bonchev–Trinajstić information content (AvgIpc) is 2.98. The third-order valence-corrected chi connectivity index (χ3v) is 7.80. The summed E-state index contributed by atoms with van der Waals surface area (Å²) in [5, 5.41) is 5.95. The van der Waals surface area contributed by atoms with Crippen LogP contribution in [0.3, 0.4) is 0 Å². The van der Waals surface area contributed by atoms with Crippen molar-refractivity contribution in [1.29, 1.82) is 0 Å². The lowest BCUT2D eigenvalue weighted by molar-refractivity contribution is -0.123. The van der Waals surface area contributed by atoms with Gasteiger partial charge in [-0.15, -0.1) is 0 Å². The smallest absolute Gasteiger partial charge is 0.367 e. The molecular weight excluding hydrogens is 515 g/mol. The van der Waals surface area contributed by atoms with Crippen molar-refractivity contribution in [3.8, 4) is 0 Å². The second-order valence-corrected chi connectivity index (χ2v) is 11.2. The highest BCUT2D eigenvalue weighted by atomic mass is 32.2. The molecule has 2 saturated heterocycles. The number of carbonyl (C=O) groups excluding carboxylic acids is 3. The molecule has 2 N–H and O–H groups in total. The number of hydrogen-bond donors (Lipinski definition) is 2. The molecule has 1 unspecified atom stereocenters. The molecule has 2 fully saturated rings. The van der Waals surface area contributed by atoms with Crippen molar-refractivity contribution >= 4 is 39.2 Å². The Morgan fingerprint density at radius 2 is 1.81 bits per heavy atom. The molecule has 0 aliphatic carbocycles. The molecule has 3 heterocycles. The van der Waals surface area contributed by atoms with Crippen LogP contribution in [0, 0.1) is 0 Å². The van der Waals surface area contributed by atoms with Gasteiger partial charge in [-0.1, -0.05) is 0 Å². The minimum absolute atomic E-state index is 0.0248.